The molecule has 2 fully saturated rings. The number of carbonyl (C=O) groups is 1. The first-order valence-corrected chi connectivity index (χ1v) is 7.29. The SMILES string of the molecule is N#Cc1cc(CN2CC3(CCNCC3)CC2=O)ccc1F. The van der Waals surface area contributed by atoms with Crippen LogP contribution in [0.25, 0.3) is 0 Å². The van der Waals surface area contributed by atoms with Crippen LogP contribution in [0, 0.1) is 22.6 Å². The fourth-order valence-electron chi connectivity index (χ4n) is 3.39. The Morgan fingerprint density at radius 3 is 2.86 bits per heavy atom. The van der Waals surface area contributed by atoms with Gasteiger partial charge in [-0.3, -0.25) is 4.79 Å². The number of halogens is 1. The normalized spacial score (nSPS) is 20.8. The molecule has 1 aromatic rings. The van der Waals surface area contributed by atoms with Gasteiger partial charge in [0, 0.05) is 19.5 Å². The monoisotopic (exact) mass is 287 g/mol. The van der Waals surface area contributed by atoms with Gasteiger partial charge in [0.15, 0.2) is 0 Å². The molecule has 5 heteroatoms. The predicted octanol–water partition coefficient (Wildman–Crippen LogP) is 1.80. The van der Waals surface area contributed by atoms with Crippen LogP contribution in [0.3, 0.4) is 0 Å². The number of likely N-dealkylation sites (tertiary alicyclic amines) is 1. The van der Waals surface area contributed by atoms with Gasteiger partial charge in [0.05, 0.1) is 5.56 Å². The minimum atomic E-state index is -0.510. The number of carbonyl (C=O) groups excluding carboxylic acids is 1. The Morgan fingerprint density at radius 1 is 1.38 bits per heavy atom. The fourth-order valence-corrected chi connectivity index (χ4v) is 3.39. The zero-order valence-electron chi connectivity index (χ0n) is 11.9. The van der Waals surface area contributed by atoms with Crippen LogP contribution in [-0.2, 0) is 11.3 Å². The van der Waals surface area contributed by atoms with Crippen LogP contribution in [0.15, 0.2) is 18.2 Å². The highest BCUT2D eigenvalue weighted by Crippen LogP contribution is 2.39. The Morgan fingerprint density at radius 2 is 2.14 bits per heavy atom. The first-order chi connectivity index (χ1) is 10.1. The van der Waals surface area contributed by atoms with E-state index in [0.29, 0.717) is 13.0 Å². The average Bonchev–Trinajstić information content (AvgIpc) is 2.77. The molecule has 0 aliphatic carbocycles. The Labute approximate surface area is 123 Å². The summed E-state index contributed by atoms with van der Waals surface area (Å²) in [5.74, 6) is -0.344. The molecule has 1 aromatic carbocycles. The maximum Gasteiger partial charge on any atom is 0.223 e. The highest BCUT2D eigenvalue weighted by molar-refractivity contribution is 5.79. The predicted molar refractivity (Wildman–Crippen MR) is 75.7 cm³/mol. The zero-order valence-corrected chi connectivity index (χ0v) is 11.9. The van der Waals surface area contributed by atoms with Gasteiger partial charge in [-0.05, 0) is 49.0 Å². The number of hydrogen-bond acceptors (Lipinski definition) is 3. The van der Waals surface area contributed by atoms with Crippen LogP contribution in [0.2, 0.25) is 0 Å². The number of hydrogen-bond donors (Lipinski definition) is 1. The van der Waals surface area contributed by atoms with E-state index in [2.05, 4.69) is 5.32 Å². The van der Waals surface area contributed by atoms with E-state index in [4.69, 9.17) is 5.26 Å². The highest BCUT2D eigenvalue weighted by Gasteiger charge is 2.43. The van der Waals surface area contributed by atoms with Crippen molar-refractivity contribution in [1.29, 1.82) is 5.26 Å². The quantitative estimate of drug-likeness (QED) is 0.902. The molecule has 2 heterocycles. The van der Waals surface area contributed by atoms with Crippen LogP contribution in [0.1, 0.15) is 30.4 Å². The largest absolute Gasteiger partial charge is 0.338 e. The fraction of sp³-hybridized carbons (Fsp3) is 0.500. The topological polar surface area (TPSA) is 56.1 Å². The highest BCUT2D eigenvalue weighted by atomic mass is 19.1. The minimum Gasteiger partial charge on any atom is -0.338 e. The summed E-state index contributed by atoms with van der Waals surface area (Å²) in [5, 5.41) is 12.2. The molecule has 2 aliphatic rings. The smallest absolute Gasteiger partial charge is 0.223 e. The second-order valence-electron chi connectivity index (χ2n) is 6.10. The Balaban J connectivity index is 1.73. The summed E-state index contributed by atoms with van der Waals surface area (Å²) in [6, 6.07) is 6.33. The summed E-state index contributed by atoms with van der Waals surface area (Å²) in [6.45, 7) is 3.17. The second kappa shape index (κ2) is 5.45. The molecule has 21 heavy (non-hydrogen) atoms. The summed E-state index contributed by atoms with van der Waals surface area (Å²) in [7, 11) is 0. The molecule has 0 aromatic heterocycles. The number of piperidine rings is 1. The number of benzene rings is 1. The van der Waals surface area contributed by atoms with E-state index in [1.54, 1.807) is 6.07 Å². The maximum atomic E-state index is 13.3. The van der Waals surface area contributed by atoms with Crippen molar-refractivity contribution in [3.63, 3.8) is 0 Å². The summed E-state index contributed by atoms with van der Waals surface area (Å²) in [5.41, 5.74) is 0.962. The van der Waals surface area contributed by atoms with Crippen LogP contribution >= 0.6 is 0 Å². The molecule has 1 spiro atoms. The molecule has 0 atom stereocenters. The Bertz CT molecular complexity index is 602. The third-order valence-electron chi connectivity index (χ3n) is 4.59. The number of nitrogens with zero attached hydrogens (tertiary/aromatic N) is 2. The van der Waals surface area contributed by atoms with E-state index >= 15 is 0 Å². The lowest BCUT2D eigenvalue weighted by Gasteiger charge is -2.33. The molecule has 1 N–H and O–H groups in total. The van der Waals surface area contributed by atoms with E-state index < -0.39 is 5.82 Å². The van der Waals surface area contributed by atoms with Crippen LogP contribution in [-0.4, -0.2) is 30.4 Å². The van der Waals surface area contributed by atoms with Gasteiger partial charge in [0.2, 0.25) is 5.91 Å². The Hall–Kier alpha value is -1.93. The summed E-state index contributed by atoms with van der Waals surface area (Å²) >= 11 is 0. The molecule has 3 rings (SSSR count). The van der Waals surface area contributed by atoms with Crippen molar-refractivity contribution >= 4 is 5.91 Å². The summed E-state index contributed by atoms with van der Waals surface area (Å²) < 4.78 is 13.3. The molecule has 1 amide bonds. The van der Waals surface area contributed by atoms with Crippen molar-refractivity contribution in [2.24, 2.45) is 5.41 Å². The first kappa shape index (κ1) is 14.0. The van der Waals surface area contributed by atoms with Gasteiger partial charge in [-0.15, -0.1) is 0 Å². The molecule has 4 nitrogen and oxygen atoms in total. The van der Waals surface area contributed by atoms with Gasteiger partial charge in [-0.25, -0.2) is 4.39 Å². The first-order valence-electron chi connectivity index (χ1n) is 7.29. The summed E-state index contributed by atoms with van der Waals surface area (Å²) in [6.07, 6.45) is 2.67. The van der Waals surface area contributed by atoms with Gasteiger partial charge in [-0.2, -0.15) is 5.26 Å². The van der Waals surface area contributed by atoms with Gasteiger partial charge < -0.3 is 10.2 Å². The maximum absolute atomic E-state index is 13.3. The van der Waals surface area contributed by atoms with Crippen LogP contribution < -0.4 is 5.32 Å². The molecular weight excluding hydrogens is 269 g/mol. The standard InChI is InChI=1S/C16H18FN3O/c17-14-2-1-12(7-13(14)9-18)10-20-11-16(8-15(20)21)3-5-19-6-4-16/h1-2,7,19H,3-6,8,10-11H2. The number of nitrogens with one attached hydrogen (secondary N) is 1. The molecule has 0 bridgehead atoms. The lowest BCUT2D eigenvalue weighted by Crippen LogP contribution is -2.38. The van der Waals surface area contributed by atoms with Crippen molar-refractivity contribution in [3.05, 3.63) is 35.1 Å². The van der Waals surface area contributed by atoms with Crippen molar-refractivity contribution in [3.8, 4) is 6.07 Å². The van der Waals surface area contributed by atoms with E-state index in [9.17, 15) is 9.18 Å². The molecule has 0 unspecified atom stereocenters. The van der Waals surface area contributed by atoms with Gasteiger partial charge in [0.25, 0.3) is 0 Å². The van der Waals surface area contributed by atoms with E-state index in [-0.39, 0.29) is 16.9 Å². The van der Waals surface area contributed by atoms with E-state index in [0.717, 1.165) is 38.0 Å². The minimum absolute atomic E-state index is 0.0377. The summed E-state index contributed by atoms with van der Waals surface area (Å²) in [4.78, 5) is 14.1. The second-order valence-corrected chi connectivity index (χ2v) is 6.10. The van der Waals surface area contributed by atoms with Crippen molar-refractivity contribution in [2.45, 2.75) is 25.8 Å². The molecule has 0 saturated carbocycles. The zero-order chi connectivity index (χ0) is 14.9. The van der Waals surface area contributed by atoms with E-state index in [1.807, 2.05) is 11.0 Å². The van der Waals surface area contributed by atoms with Gasteiger partial charge in [-0.1, -0.05) is 6.07 Å². The number of nitriles is 1. The van der Waals surface area contributed by atoms with Crippen molar-refractivity contribution < 1.29 is 9.18 Å². The number of rotatable bonds is 2. The van der Waals surface area contributed by atoms with Crippen molar-refractivity contribution in [1.82, 2.24) is 10.2 Å². The van der Waals surface area contributed by atoms with Crippen LogP contribution in [0.5, 0.6) is 0 Å². The van der Waals surface area contributed by atoms with Gasteiger partial charge >= 0.3 is 0 Å². The van der Waals surface area contributed by atoms with Gasteiger partial charge in [0.1, 0.15) is 11.9 Å². The number of amides is 1. The lowest BCUT2D eigenvalue weighted by atomic mass is 9.78. The van der Waals surface area contributed by atoms with E-state index in [1.165, 1.54) is 12.1 Å². The molecule has 2 aliphatic heterocycles. The molecule has 2 saturated heterocycles. The third-order valence-corrected chi connectivity index (χ3v) is 4.59. The van der Waals surface area contributed by atoms with Crippen LogP contribution in [0.4, 0.5) is 4.39 Å². The average molecular weight is 287 g/mol. The third kappa shape index (κ3) is 2.77. The Kier molecular flexibility index (Phi) is 3.64. The molecule has 0 radical (unpaired) electrons. The molecule has 110 valence electrons. The molecular formula is C16H18FN3O. The van der Waals surface area contributed by atoms with Crippen molar-refractivity contribution in [2.75, 3.05) is 19.6 Å². The lowest BCUT2D eigenvalue weighted by molar-refractivity contribution is -0.128.